The van der Waals surface area contributed by atoms with Gasteiger partial charge in [-0.05, 0) is 84.5 Å². The van der Waals surface area contributed by atoms with Gasteiger partial charge in [-0.3, -0.25) is 4.79 Å². The second kappa shape index (κ2) is 9.35. The van der Waals surface area contributed by atoms with E-state index in [9.17, 15) is 9.59 Å². The molecular formula is C22H37N5O3. The highest BCUT2D eigenvalue weighted by molar-refractivity contribution is 5.76. The number of nitrogens with one attached hydrogen (secondary N) is 2. The molecule has 0 saturated heterocycles. The number of nitrogens with zero attached hydrogens (tertiary/aromatic N) is 3. The van der Waals surface area contributed by atoms with Crippen molar-refractivity contribution in [3.05, 3.63) is 11.4 Å². The fraction of sp³-hybridized carbons (Fsp3) is 0.818. The quantitative estimate of drug-likeness (QED) is 0.662. The minimum absolute atomic E-state index is 0.0134. The highest BCUT2D eigenvalue weighted by Crippen LogP contribution is 2.53. The molecule has 8 nitrogen and oxygen atoms in total. The van der Waals surface area contributed by atoms with E-state index in [0.29, 0.717) is 43.7 Å². The number of amides is 2. The Hall–Kier alpha value is -2.12. The van der Waals surface area contributed by atoms with Gasteiger partial charge in [0.25, 0.3) is 0 Å². The lowest BCUT2D eigenvalue weighted by Crippen LogP contribution is -2.31. The number of hydrogen-bond acceptors (Lipinski definition) is 5. The van der Waals surface area contributed by atoms with E-state index in [1.165, 1.54) is 5.69 Å². The molecule has 2 N–H and O–H groups in total. The lowest BCUT2D eigenvalue weighted by atomic mass is 10.00. The Morgan fingerprint density at radius 1 is 1.20 bits per heavy atom. The molecule has 1 heterocycles. The summed E-state index contributed by atoms with van der Waals surface area (Å²) < 4.78 is 7.54. The van der Waals surface area contributed by atoms with Gasteiger partial charge < -0.3 is 15.4 Å². The summed E-state index contributed by atoms with van der Waals surface area (Å²) in [5.41, 5.74) is 2.35. The SMILES string of the molecule is CC(C)NC(=O)CCCNC(=O)OCC1[C@H]2CCc3c(nnn3C(C)(C)C)CC[C@@H]12. The van der Waals surface area contributed by atoms with Crippen LogP contribution in [0.15, 0.2) is 0 Å². The number of hydrogen-bond donors (Lipinski definition) is 2. The van der Waals surface area contributed by atoms with Crippen LogP contribution in [0.5, 0.6) is 0 Å². The van der Waals surface area contributed by atoms with Crippen molar-refractivity contribution in [1.29, 1.82) is 0 Å². The largest absolute Gasteiger partial charge is 0.449 e. The first kappa shape index (κ1) is 22.6. The third kappa shape index (κ3) is 5.73. The molecular weight excluding hydrogens is 382 g/mol. The van der Waals surface area contributed by atoms with Crippen LogP contribution in [0.2, 0.25) is 0 Å². The second-order valence-corrected chi connectivity index (χ2v) is 9.99. The summed E-state index contributed by atoms with van der Waals surface area (Å²) >= 11 is 0. The van der Waals surface area contributed by atoms with Crippen molar-refractivity contribution >= 4 is 12.0 Å². The molecule has 0 spiro atoms. The van der Waals surface area contributed by atoms with E-state index in [1.54, 1.807) is 0 Å². The third-order valence-electron chi connectivity index (χ3n) is 6.12. The van der Waals surface area contributed by atoms with Gasteiger partial charge in [-0.1, -0.05) is 5.21 Å². The van der Waals surface area contributed by atoms with Crippen molar-refractivity contribution in [2.75, 3.05) is 13.2 Å². The monoisotopic (exact) mass is 419 g/mol. The minimum Gasteiger partial charge on any atom is -0.449 e. The second-order valence-electron chi connectivity index (χ2n) is 9.99. The average Bonchev–Trinajstić information content (AvgIpc) is 3.10. The number of ether oxygens (including phenoxy) is 1. The van der Waals surface area contributed by atoms with E-state index < -0.39 is 0 Å². The Balaban J connectivity index is 1.37. The number of carbonyl (C=O) groups excluding carboxylic acids is 2. The van der Waals surface area contributed by atoms with Gasteiger partial charge in [0, 0.05) is 19.0 Å². The zero-order chi connectivity index (χ0) is 21.9. The van der Waals surface area contributed by atoms with E-state index in [4.69, 9.17) is 4.74 Å². The molecule has 0 radical (unpaired) electrons. The molecule has 2 aliphatic carbocycles. The molecule has 0 aliphatic heterocycles. The van der Waals surface area contributed by atoms with E-state index in [0.717, 1.165) is 31.4 Å². The van der Waals surface area contributed by atoms with Crippen LogP contribution in [0.1, 0.15) is 71.7 Å². The van der Waals surface area contributed by atoms with Crippen LogP contribution in [-0.4, -0.2) is 46.2 Å². The molecule has 1 unspecified atom stereocenters. The maximum absolute atomic E-state index is 12.0. The first-order valence-electron chi connectivity index (χ1n) is 11.3. The molecule has 3 rings (SSSR count). The van der Waals surface area contributed by atoms with Crippen LogP contribution >= 0.6 is 0 Å². The van der Waals surface area contributed by atoms with E-state index in [1.807, 2.05) is 13.8 Å². The van der Waals surface area contributed by atoms with Crippen molar-refractivity contribution in [3.8, 4) is 0 Å². The fourth-order valence-corrected chi connectivity index (χ4v) is 4.61. The Kier molecular flexibility index (Phi) is 7.03. The van der Waals surface area contributed by atoms with Gasteiger partial charge in [-0.15, -0.1) is 5.10 Å². The number of alkyl carbamates (subject to hydrolysis) is 1. The van der Waals surface area contributed by atoms with Gasteiger partial charge in [0.2, 0.25) is 5.91 Å². The van der Waals surface area contributed by atoms with E-state index in [-0.39, 0.29) is 23.6 Å². The lowest BCUT2D eigenvalue weighted by molar-refractivity contribution is -0.121. The van der Waals surface area contributed by atoms with Gasteiger partial charge in [0.15, 0.2) is 0 Å². The zero-order valence-electron chi connectivity index (χ0n) is 19.0. The van der Waals surface area contributed by atoms with Gasteiger partial charge in [0.1, 0.15) is 0 Å². The molecule has 8 heteroatoms. The molecule has 30 heavy (non-hydrogen) atoms. The van der Waals surface area contributed by atoms with Gasteiger partial charge in [-0.2, -0.15) is 0 Å². The highest BCUT2D eigenvalue weighted by atomic mass is 16.5. The van der Waals surface area contributed by atoms with Gasteiger partial charge in [0.05, 0.1) is 23.5 Å². The minimum atomic E-state index is -0.383. The number of aromatic nitrogens is 3. The van der Waals surface area contributed by atoms with Gasteiger partial charge in [-0.25, -0.2) is 9.48 Å². The van der Waals surface area contributed by atoms with Crippen LogP contribution in [0, 0.1) is 17.8 Å². The molecule has 1 aromatic heterocycles. The summed E-state index contributed by atoms with van der Waals surface area (Å²) in [6.45, 7) is 11.3. The summed E-state index contributed by atoms with van der Waals surface area (Å²) in [6, 6.07) is 0.141. The van der Waals surface area contributed by atoms with E-state index in [2.05, 4.69) is 46.4 Å². The first-order chi connectivity index (χ1) is 14.2. The summed E-state index contributed by atoms with van der Waals surface area (Å²) in [4.78, 5) is 23.6. The van der Waals surface area contributed by atoms with Crippen molar-refractivity contribution in [2.24, 2.45) is 17.8 Å². The standard InChI is InChI=1S/C22H37N5O3/c1-14(2)24-20(28)7-6-12-23-21(29)30-13-17-15-8-10-18-19(11-9-16(15)17)27(26-25-18)22(3,4)5/h14-17H,6-13H2,1-5H3,(H,23,29)(H,24,28)/t15-,16+,17?/m1/s1. The topological polar surface area (TPSA) is 98.1 Å². The Morgan fingerprint density at radius 2 is 1.90 bits per heavy atom. The summed E-state index contributed by atoms with van der Waals surface area (Å²) in [7, 11) is 0. The number of fused-ring (bicyclic) bond motifs is 2. The molecule has 1 fully saturated rings. The Labute approximate surface area is 179 Å². The normalized spacial score (nSPS) is 23.1. The van der Waals surface area contributed by atoms with Crippen molar-refractivity contribution in [3.63, 3.8) is 0 Å². The van der Waals surface area contributed by atoms with Crippen LogP contribution < -0.4 is 10.6 Å². The average molecular weight is 420 g/mol. The maximum Gasteiger partial charge on any atom is 0.407 e. The number of carbonyl (C=O) groups is 2. The molecule has 168 valence electrons. The highest BCUT2D eigenvalue weighted by Gasteiger charge is 2.50. The Morgan fingerprint density at radius 3 is 2.57 bits per heavy atom. The van der Waals surface area contributed by atoms with Crippen LogP contribution in [0.3, 0.4) is 0 Å². The van der Waals surface area contributed by atoms with Crippen LogP contribution in [0.25, 0.3) is 0 Å². The summed E-state index contributed by atoms with van der Waals surface area (Å²) in [6.07, 6.45) is 4.76. The van der Waals surface area contributed by atoms with Crippen molar-refractivity contribution in [1.82, 2.24) is 25.6 Å². The number of aryl methyl sites for hydroxylation is 1. The lowest BCUT2D eigenvalue weighted by Gasteiger charge is -2.22. The molecule has 2 aliphatic rings. The van der Waals surface area contributed by atoms with Crippen molar-refractivity contribution < 1.29 is 14.3 Å². The van der Waals surface area contributed by atoms with Crippen molar-refractivity contribution in [2.45, 2.75) is 84.7 Å². The zero-order valence-corrected chi connectivity index (χ0v) is 19.0. The van der Waals surface area contributed by atoms with E-state index >= 15 is 0 Å². The third-order valence-corrected chi connectivity index (χ3v) is 6.12. The van der Waals surface area contributed by atoms with Gasteiger partial charge >= 0.3 is 6.09 Å². The fourth-order valence-electron chi connectivity index (χ4n) is 4.61. The predicted molar refractivity (Wildman–Crippen MR) is 114 cm³/mol. The molecule has 0 bridgehead atoms. The Bertz CT molecular complexity index is 752. The summed E-state index contributed by atoms with van der Waals surface area (Å²) in [5, 5.41) is 14.4. The van der Waals surface area contributed by atoms with Crippen LogP contribution in [0.4, 0.5) is 4.79 Å². The molecule has 1 aromatic rings. The first-order valence-corrected chi connectivity index (χ1v) is 11.3. The molecule has 3 atom stereocenters. The molecule has 2 amide bonds. The molecule has 1 saturated carbocycles. The number of rotatable bonds is 7. The smallest absolute Gasteiger partial charge is 0.407 e. The summed E-state index contributed by atoms with van der Waals surface area (Å²) in [5.74, 6) is 1.70. The van der Waals surface area contributed by atoms with Crippen LogP contribution in [-0.2, 0) is 27.9 Å². The predicted octanol–water partition coefficient (Wildman–Crippen LogP) is 2.81. The maximum atomic E-state index is 12.0. The molecule has 0 aromatic carbocycles.